The number of hydrogen-bond donors (Lipinski definition) is 1. The van der Waals surface area contributed by atoms with Crippen LogP contribution in [-0.2, 0) is 30.9 Å². The van der Waals surface area contributed by atoms with Gasteiger partial charge in [-0.2, -0.15) is 0 Å². The zero-order valence-corrected chi connectivity index (χ0v) is 27.1. The molecular formula is C33H50N6O4. The van der Waals surface area contributed by atoms with Gasteiger partial charge in [-0.15, -0.1) is 0 Å². The first-order valence-electron chi connectivity index (χ1n) is 15.7. The third kappa shape index (κ3) is 7.59. The molecule has 4 bridgehead atoms. The number of piperidine rings is 2. The van der Waals surface area contributed by atoms with Crippen LogP contribution in [0, 0.1) is 11.8 Å². The Morgan fingerprint density at radius 3 is 1.88 bits per heavy atom. The van der Waals surface area contributed by atoms with E-state index < -0.39 is 5.60 Å². The topological polar surface area (TPSA) is 92.0 Å². The van der Waals surface area contributed by atoms with E-state index in [1.165, 1.54) is 12.1 Å². The lowest BCUT2D eigenvalue weighted by atomic mass is 9.83. The second-order valence-corrected chi connectivity index (χ2v) is 14.6. The molecule has 2 aromatic rings. The molecule has 0 aromatic carbocycles. The Balaban J connectivity index is 0.000000180. The van der Waals surface area contributed by atoms with Crippen LogP contribution in [0.4, 0.5) is 4.79 Å². The summed E-state index contributed by atoms with van der Waals surface area (Å²) in [7, 11) is 8.07. The Bertz CT molecular complexity index is 1440. The summed E-state index contributed by atoms with van der Waals surface area (Å²) in [6.07, 6.45) is 2.02. The highest BCUT2D eigenvalue weighted by molar-refractivity contribution is 5.68. The number of likely N-dealkylation sites (tertiary alicyclic amines) is 1. The van der Waals surface area contributed by atoms with Gasteiger partial charge < -0.3 is 33.9 Å². The minimum Gasteiger partial charge on any atom is -0.444 e. The second kappa shape index (κ2) is 12.6. The van der Waals surface area contributed by atoms with Gasteiger partial charge >= 0.3 is 6.09 Å². The quantitative estimate of drug-likeness (QED) is 0.582. The van der Waals surface area contributed by atoms with Gasteiger partial charge in [0.15, 0.2) is 0 Å². The van der Waals surface area contributed by atoms with E-state index in [0.29, 0.717) is 37.4 Å². The van der Waals surface area contributed by atoms with Crippen LogP contribution >= 0.6 is 0 Å². The van der Waals surface area contributed by atoms with Gasteiger partial charge in [-0.3, -0.25) is 9.59 Å². The summed E-state index contributed by atoms with van der Waals surface area (Å²) >= 11 is 0. The molecule has 6 rings (SSSR count). The largest absolute Gasteiger partial charge is 0.444 e. The molecule has 2 saturated heterocycles. The normalized spacial score (nSPS) is 24.2. The molecule has 10 heteroatoms. The Hall–Kier alpha value is -2.95. The average Bonchev–Trinajstić information content (AvgIpc) is 2.89. The van der Waals surface area contributed by atoms with E-state index >= 15 is 0 Å². The first-order chi connectivity index (χ1) is 20.3. The lowest BCUT2D eigenvalue weighted by Gasteiger charge is -2.43. The molecule has 4 aliphatic rings. The number of nitrogens with one attached hydrogen (secondary N) is 1. The Morgan fingerprint density at radius 2 is 1.33 bits per heavy atom. The van der Waals surface area contributed by atoms with Crippen LogP contribution in [0.2, 0.25) is 0 Å². The third-order valence-electron chi connectivity index (χ3n) is 8.79. The molecule has 10 nitrogen and oxygen atoms in total. The first kappa shape index (κ1) is 31.5. The maximum atomic E-state index is 12.5. The summed E-state index contributed by atoms with van der Waals surface area (Å²) in [5.41, 5.74) is 4.25. The van der Waals surface area contributed by atoms with Crippen LogP contribution in [0.15, 0.2) is 33.9 Å². The van der Waals surface area contributed by atoms with E-state index in [-0.39, 0.29) is 23.1 Å². The number of carbonyl (C=O) groups is 1. The number of carbonyl (C=O) groups excluding carboxylic acids is 1. The predicted octanol–water partition coefficient (Wildman–Crippen LogP) is 2.88. The standard InChI is InChI=1S/C19H29N3O3.C14H21N3O/c1-19(2,3)25-18(24)21-10-14-6-15(12-21)16-7-13(9-20(4)5)8-17(23)22(16)11-14;1-16(2)8-10-4-13-12-3-11(6-15-7-12)9-17(13)14(18)5-10/h7-8,14-15H,6,9-12H2,1-5H3;4-5,11-12,15H,3,6-9H2,1-2H3/t14?,15-;11?,12-/m00/s1. The number of fused-ring (bicyclic) bond motifs is 8. The molecule has 43 heavy (non-hydrogen) atoms. The number of aromatic nitrogens is 2. The van der Waals surface area contributed by atoms with Crippen molar-refractivity contribution in [2.45, 2.75) is 77.2 Å². The summed E-state index contributed by atoms with van der Waals surface area (Å²) in [4.78, 5) is 43.2. The van der Waals surface area contributed by atoms with Gasteiger partial charge in [-0.05, 0) is 103 Å². The number of rotatable bonds is 4. The SMILES string of the molecule is CN(C)Cc1cc2n(c(=O)c1)CC1CNC[C@@H]2C1.CN(C)Cc1cc2n(c(=O)c1)CC1C[C@H]2CN(C(=O)OC(C)(C)C)C1. The van der Waals surface area contributed by atoms with Crippen molar-refractivity contribution >= 4 is 6.09 Å². The molecular weight excluding hydrogens is 544 g/mol. The highest BCUT2D eigenvalue weighted by Gasteiger charge is 2.38. The van der Waals surface area contributed by atoms with Gasteiger partial charge in [0.2, 0.25) is 0 Å². The molecule has 1 amide bonds. The number of amides is 1. The van der Waals surface area contributed by atoms with E-state index in [0.717, 1.165) is 56.0 Å². The van der Waals surface area contributed by atoms with E-state index in [2.05, 4.69) is 27.2 Å². The lowest BCUT2D eigenvalue weighted by molar-refractivity contribution is 0.0102. The maximum absolute atomic E-state index is 12.5. The van der Waals surface area contributed by atoms with Crippen molar-refractivity contribution in [3.05, 3.63) is 67.5 Å². The Morgan fingerprint density at radius 1 is 0.791 bits per heavy atom. The number of hydrogen-bond acceptors (Lipinski definition) is 7. The summed E-state index contributed by atoms with van der Waals surface area (Å²) < 4.78 is 9.45. The van der Waals surface area contributed by atoms with Gasteiger partial charge in [0.25, 0.3) is 11.1 Å². The van der Waals surface area contributed by atoms with Crippen molar-refractivity contribution < 1.29 is 9.53 Å². The number of ether oxygens (including phenoxy) is 1. The summed E-state index contributed by atoms with van der Waals surface area (Å²) in [6.45, 7) is 12.2. The van der Waals surface area contributed by atoms with Crippen LogP contribution in [-0.4, -0.2) is 89.9 Å². The average molecular weight is 595 g/mol. The molecule has 4 atom stereocenters. The molecule has 0 saturated carbocycles. The van der Waals surface area contributed by atoms with Gasteiger partial charge in [0.05, 0.1) is 0 Å². The zero-order valence-electron chi connectivity index (χ0n) is 27.1. The van der Waals surface area contributed by atoms with Gasteiger partial charge in [-0.1, -0.05) is 0 Å². The lowest BCUT2D eigenvalue weighted by Crippen LogP contribution is -2.50. The van der Waals surface area contributed by atoms with Crippen molar-refractivity contribution in [3.63, 3.8) is 0 Å². The number of nitrogens with zero attached hydrogens (tertiary/aromatic N) is 5. The maximum Gasteiger partial charge on any atom is 0.410 e. The minimum atomic E-state index is -0.489. The minimum absolute atomic E-state index is 0.0785. The van der Waals surface area contributed by atoms with Crippen LogP contribution in [0.3, 0.4) is 0 Å². The summed E-state index contributed by atoms with van der Waals surface area (Å²) in [5, 5.41) is 3.48. The molecule has 4 aliphatic heterocycles. The second-order valence-electron chi connectivity index (χ2n) is 14.6. The van der Waals surface area contributed by atoms with E-state index in [1.807, 2.05) is 63.0 Å². The fourth-order valence-corrected chi connectivity index (χ4v) is 7.26. The summed E-state index contributed by atoms with van der Waals surface area (Å²) in [6, 6.07) is 7.92. The van der Waals surface area contributed by atoms with Gasteiger partial charge in [0.1, 0.15) is 5.60 Å². The van der Waals surface area contributed by atoms with Crippen molar-refractivity contribution in [2.75, 3.05) is 54.4 Å². The molecule has 0 aliphatic carbocycles. The Labute approximate surface area is 255 Å². The molecule has 1 N–H and O–H groups in total. The molecule has 6 heterocycles. The highest BCUT2D eigenvalue weighted by Crippen LogP contribution is 2.36. The highest BCUT2D eigenvalue weighted by atomic mass is 16.6. The van der Waals surface area contributed by atoms with E-state index in [1.54, 1.807) is 12.1 Å². The zero-order chi connectivity index (χ0) is 31.1. The van der Waals surface area contributed by atoms with Crippen molar-refractivity contribution in [2.24, 2.45) is 11.8 Å². The van der Waals surface area contributed by atoms with Gasteiger partial charge in [0, 0.05) is 81.2 Å². The summed E-state index contributed by atoms with van der Waals surface area (Å²) in [5.74, 6) is 1.67. The molecule has 2 aromatic heterocycles. The van der Waals surface area contributed by atoms with Crippen molar-refractivity contribution in [3.8, 4) is 0 Å². The molecule has 236 valence electrons. The van der Waals surface area contributed by atoms with Crippen molar-refractivity contribution in [1.29, 1.82) is 0 Å². The van der Waals surface area contributed by atoms with Crippen molar-refractivity contribution in [1.82, 2.24) is 29.2 Å². The molecule has 0 radical (unpaired) electrons. The van der Waals surface area contributed by atoms with E-state index in [9.17, 15) is 14.4 Å². The molecule has 2 unspecified atom stereocenters. The monoisotopic (exact) mass is 594 g/mol. The third-order valence-corrected chi connectivity index (χ3v) is 8.79. The van der Waals surface area contributed by atoms with Crippen LogP contribution in [0.5, 0.6) is 0 Å². The van der Waals surface area contributed by atoms with E-state index in [4.69, 9.17) is 4.74 Å². The predicted molar refractivity (Wildman–Crippen MR) is 169 cm³/mol. The fraction of sp³-hybridized carbons (Fsp3) is 0.667. The molecule has 0 spiro atoms. The van der Waals surface area contributed by atoms with Crippen LogP contribution in [0.1, 0.15) is 68.0 Å². The molecule has 2 fully saturated rings. The smallest absolute Gasteiger partial charge is 0.410 e. The van der Waals surface area contributed by atoms with Crippen LogP contribution in [0.25, 0.3) is 0 Å². The van der Waals surface area contributed by atoms with Crippen LogP contribution < -0.4 is 16.4 Å². The fourth-order valence-electron chi connectivity index (χ4n) is 7.26. The van der Waals surface area contributed by atoms with Gasteiger partial charge in [-0.25, -0.2) is 4.79 Å². The Kier molecular flexibility index (Phi) is 9.20. The number of pyridine rings is 2. The first-order valence-corrected chi connectivity index (χ1v) is 15.7.